The smallest absolute Gasteiger partial charge is 0.264 e. The molecule has 1 aliphatic carbocycles. The van der Waals surface area contributed by atoms with Crippen LogP contribution in [0, 0.1) is 6.92 Å². The van der Waals surface area contributed by atoms with E-state index >= 15 is 0 Å². The van der Waals surface area contributed by atoms with Crippen LogP contribution in [0.1, 0.15) is 50.2 Å². The van der Waals surface area contributed by atoms with Crippen LogP contribution in [0.3, 0.4) is 0 Å². The van der Waals surface area contributed by atoms with Crippen LogP contribution >= 0.6 is 0 Å². The van der Waals surface area contributed by atoms with Crippen LogP contribution in [-0.2, 0) is 26.0 Å². The van der Waals surface area contributed by atoms with E-state index in [1.807, 2.05) is 37.3 Å². The fourth-order valence-corrected chi connectivity index (χ4v) is 6.67. The molecule has 2 amide bonds. The Morgan fingerprint density at radius 2 is 1.57 bits per heavy atom. The molecule has 1 saturated carbocycles. The maximum Gasteiger partial charge on any atom is 0.264 e. The van der Waals surface area contributed by atoms with E-state index in [1.54, 1.807) is 55.5 Å². The number of carbonyl (C=O) groups is 2. The Morgan fingerprint density at radius 3 is 2.19 bits per heavy atom. The van der Waals surface area contributed by atoms with Crippen molar-refractivity contribution in [2.45, 2.75) is 69.4 Å². The normalized spacial score (nSPS) is 14.5. The highest BCUT2D eigenvalue weighted by Gasteiger charge is 2.33. The summed E-state index contributed by atoms with van der Waals surface area (Å²) in [6.45, 7) is 3.40. The summed E-state index contributed by atoms with van der Waals surface area (Å²) < 4.78 is 34.3. The molecule has 3 aromatic rings. The summed E-state index contributed by atoms with van der Waals surface area (Å²) in [5.41, 5.74) is 2.27. The first-order chi connectivity index (χ1) is 20.2. The molecule has 9 heteroatoms. The highest BCUT2D eigenvalue weighted by molar-refractivity contribution is 7.92. The van der Waals surface area contributed by atoms with Crippen molar-refractivity contribution in [1.82, 2.24) is 10.2 Å². The second-order valence-electron chi connectivity index (χ2n) is 10.9. The minimum atomic E-state index is -4.11. The van der Waals surface area contributed by atoms with Gasteiger partial charge in [-0.2, -0.15) is 0 Å². The average molecular weight is 592 g/mol. The minimum Gasteiger partial charge on any atom is -0.497 e. The van der Waals surface area contributed by atoms with Gasteiger partial charge in [0.25, 0.3) is 10.0 Å². The Bertz CT molecular complexity index is 1420. The number of nitrogens with zero attached hydrogens (tertiary/aromatic N) is 2. The largest absolute Gasteiger partial charge is 0.497 e. The summed E-state index contributed by atoms with van der Waals surface area (Å²) in [5, 5.41) is 3.13. The van der Waals surface area contributed by atoms with Crippen molar-refractivity contribution in [2.24, 2.45) is 0 Å². The zero-order valence-electron chi connectivity index (χ0n) is 24.7. The number of ether oxygens (including phenoxy) is 1. The van der Waals surface area contributed by atoms with E-state index in [4.69, 9.17) is 4.74 Å². The second-order valence-corrected chi connectivity index (χ2v) is 12.7. The number of benzene rings is 3. The Kier molecular flexibility index (Phi) is 10.6. The predicted molar refractivity (Wildman–Crippen MR) is 165 cm³/mol. The third-order valence-corrected chi connectivity index (χ3v) is 9.64. The van der Waals surface area contributed by atoms with Crippen LogP contribution < -0.4 is 14.4 Å². The first-order valence-electron chi connectivity index (χ1n) is 14.6. The molecule has 0 saturated heterocycles. The Labute approximate surface area is 249 Å². The minimum absolute atomic E-state index is 0.0793. The second kappa shape index (κ2) is 14.4. The average Bonchev–Trinajstić information content (AvgIpc) is 3.01. The molecule has 1 N–H and O–H groups in total. The fraction of sp³-hybridized carbons (Fsp3) is 0.394. The summed E-state index contributed by atoms with van der Waals surface area (Å²) in [5.74, 6) is -0.111. The van der Waals surface area contributed by atoms with E-state index in [1.165, 1.54) is 18.4 Å². The molecule has 0 heterocycles. The van der Waals surface area contributed by atoms with Crippen molar-refractivity contribution in [3.63, 3.8) is 0 Å². The fourth-order valence-electron chi connectivity index (χ4n) is 5.25. The summed E-state index contributed by atoms with van der Waals surface area (Å²) in [7, 11) is -2.58. The molecule has 1 fully saturated rings. The van der Waals surface area contributed by atoms with Gasteiger partial charge in [-0.1, -0.05) is 67.3 Å². The van der Waals surface area contributed by atoms with Gasteiger partial charge in [-0.3, -0.25) is 13.9 Å². The number of hydrogen-bond acceptors (Lipinski definition) is 5. The summed E-state index contributed by atoms with van der Waals surface area (Å²) in [6, 6.07) is 22.1. The van der Waals surface area contributed by atoms with E-state index in [2.05, 4.69) is 5.32 Å². The van der Waals surface area contributed by atoms with Gasteiger partial charge in [-0.05, 0) is 75.1 Å². The summed E-state index contributed by atoms with van der Waals surface area (Å²) in [6.07, 6.45) is 5.70. The van der Waals surface area contributed by atoms with Crippen LogP contribution in [0.4, 0.5) is 5.69 Å². The van der Waals surface area contributed by atoms with Gasteiger partial charge in [-0.25, -0.2) is 8.42 Å². The standard InChI is InChI=1S/C33H41N3O5S/c1-25-14-20-31(21-15-25)42(39,40)36(29-16-18-30(41-3)19-17-29)24-32(37)35(23-22-27-10-6-4-7-11-27)26(2)33(38)34-28-12-8-5-9-13-28/h4,6-7,10-11,14-21,26,28H,5,8-9,12-13,22-24H2,1-3H3,(H,34,38)/t26-/m0/s1. The first-order valence-corrected chi connectivity index (χ1v) is 16.0. The number of nitrogens with one attached hydrogen (secondary N) is 1. The Hall–Kier alpha value is -3.85. The van der Waals surface area contributed by atoms with Crippen molar-refractivity contribution >= 4 is 27.5 Å². The molecule has 42 heavy (non-hydrogen) atoms. The van der Waals surface area contributed by atoms with Crippen LogP contribution in [0.2, 0.25) is 0 Å². The van der Waals surface area contributed by atoms with Gasteiger partial charge in [0.15, 0.2) is 0 Å². The SMILES string of the molecule is COc1ccc(N(CC(=O)N(CCc2ccccc2)[C@@H](C)C(=O)NC2CCCCC2)S(=O)(=O)c2ccc(C)cc2)cc1. The molecule has 4 rings (SSSR count). The van der Waals surface area contributed by atoms with Crippen LogP contribution in [-0.4, -0.2) is 57.4 Å². The maximum atomic E-state index is 14.1. The van der Waals surface area contributed by atoms with E-state index in [9.17, 15) is 18.0 Å². The number of carbonyl (C=O) groups excluding carboxylic acids is 2. The van der Waals surface area contributed by atoms with Gasteiger partial charge in [0.1, 0.15) is 18.3 Å². The number of amides is 2. The number of methoxy groups -OCH3 is 1. The van der Waals surface area contributed by atoms with E-state index in [0.29, 0.717) is 17.9 Å². The van der Waals surface area contributed by atoms with E-state index in [-0.39, 0.29) is 23.4 Å². The van der Waals surface area contributed by atoms with Crippen molar-refractivity contribution in [1.29, 1.82) is 0 Å². The molecule has 0 aliphatic heterocycles. The number of sulfonamides is 1. The highest BCUT2D eigenvalue weighted by atomic mass is 32.2. The van der Waals surface area contributed by atoms with Gasteiger partial charge in [0.2, 0.25) is 11.8 Å². The topological polar surface area (TPSA) is 96.0 Å². The molecule has 0 bridgehead atoms. The lowest BCUT2D eigenvalue weighted by Gasteiger charge is -2.33. The quantitative estimate of drug-likeness (QED) is 0.316. The number of rotatable bonds is 12. The van der Waals surface area contributed by atoms with Crippen LogP contribution in [0.5, 0.6) is 5.75 Å². The summed E-state index contributed by atoms with van der Waals surface area (Å²) >= 11 is 0. The zero-order chi connectivity index (χ0) is 30.1. The van der Waals surface area contributed by atoms with Gasteiger partial charge in [0, 0.05) is 12.6 Å². The predicted octanol–water partition coefficient (Wildman–Crippen LogP) is 5.11. The molecule has 224 valence electrons. The van der Waals surface area contributed by atoms with Gasteiger partial charge in [0.05, 0.1) is 17.7 Å². The molecule has 0 spiro atoms. The molecule has 1 atom stereocenters. The Morgan fingerprint density at radius 1 is 0.929 bits per heavy atom. The summed E-state index contributed by atoms with van der Waals surface area (Å²) in [4.78, 5) is 29.0. The number of aryl methyl sites for hydroxylation is 1. The molecular formula is C33H41N3O5S. The lowest BCUT2D eigenvalue weighted by Crippen LogP contribution is -2.53. The third-order valence-electron chi connectivity index (χ3n) is 7.85. The van der Waals surface area contributed by atoms with Gasteiger partial charge >= 0.3 is 0 Å². The third kappa shape index (κ3) is 7.91. The molecule has 0 aromatic heterocycles. The molecule has 0 radical (unpaired) electrons. The van der Waals surface area contributed by atoms with E-state index < -0.39 is 28.5 Å². The first kappa shape index (κ1) is 31.1. The lowest BCUT2D eigenvalue weighted by atomic mass is 9.95. The van der Waals surface area contributed by atoms with E-state index in [0.717, 1.165) is 41.1 Å². The van der Waals surface area contributed by atoms with Crippen molar-refractivity contribution in [2.75, 3.05) is 24.5 Å². The van der Waals surface area contributed by atoms with Gasteiger partial charge < -0.3 is 15.0 Å². The molecular weight excluding hydrogens is 550 g/mol. The van der Waals surface area contributed by atoms with Crippen molar-refractivity contribution < 1.29 is 22.7 Å². The zero-order valence-corrected chi connectivity index (χ0v) is 25.5. The van der Waals surface area contributed by atoms with Crippen molar-refractivity contribution in [3.8, 4) is 5.75 Å². The van der Waals surface area contributed by atoms with Crippen molar-refractivity contribution in [3.05, 3.63) is 90.0 Å². The highest BCUT2D eigenvalue weighted by Crippen LogP contribution is 2.27. The molecule has 0 unspecified atom stereocenters. The Balaban J connectivity index is 1.64. The monoisotopic (exact) mass is 591 g/mol. The maximum absolute atomic E-state index is 14.1. The van der Waals surface area contributed by atoms with Gasteiger partial charge in [-0.15, -0.1) is 0 Å². The number of anilines is 1. The lowest BCUT2D eigenvalue weighted by molar-refractivity contribution is -0.139. The van der Waals surface area contributed by atoms with Crippen LogP contribution in [0.25, 0.3) is 0 Å². The van der Waals surface area contributed by atoms with Crippen LogP contribution in [0.15, 0.2) is 83.8 Å². The molecule has 8 nitrogen and oxygen atoms in total. The number of hydrogen-bond donors (Lipinski definition) is 1. The molecule has 1 aliphatic rings. The molecule has 3 aromatic carbocycles.